The summed E-state index contributed by atoms with van der Waals surface area (Å²) in [7, 11) is 0. The van der Waals surface area contributed by atoms with E-state index in [1.165, 1.54) is 18.9 Å². The third kappa shape index (κ3) is 3.14. The highest BCUT2D eigenvalue weighted by Crippen LogP contribution is 2.19. The van der Waals surface area contributed by atoms with Crippen LogP contribution < -0.4 is 5.32 Å². The molecular weight excluding hydrogens is 208 g/mol. The van der Waals surface area contributed by atoms with Crippen molar-refractivity contribution >= 4 is 6.08 Å². The van der Waals surface area contributed by atoms with Crippen LogP contribution in [0.2, 0.25) is 0 Å². The predicted octanol–water partition coefficient (Wildman–Crippen LogP) is 3.12. The highest BCUT2D eigenvalue weighted by atomic mass is 19.1. The number of nitrogens with one attached hydrogen (secondary N) is 1. The van der Waals surface area contributed by atoms with E-state index in [2.05, 4.69) is 5.32 Å². The van der Waals surface area contributed by atoms with Gasteiger partial charge in [-0.1, -0.05) is 11.6 Å². The van der Waals surface area contributed by atoms with E-state index in [1.54, 1.807) is 6.08 Å². The number of benzene rings is 1. The Labute approximate surface area is 94.2 Å². The van der Waals surface area contributed by atoms with E-state index in [4.69, 9.17) is 0 Å². The standard InChI is InChI=1S/C13H15F2N/c1-9(8-16-12-3-4-12)6-10-7-11(14)2-5-13(10)15/h2,5-7,12,16H,3-4,8H2,1H3. The number of hydrogen-bond donors (Lipinski definition) is 1. The zero-order chi connectivity index (χ0) is 11.5. The lowest BCUT2D eigenvalue weighted by atomic mass is 10.1. The highest BCUT2D eigenvalue weighted by Gasteiger charge is 2.19. The topological polar surface area (TPSA) is 12.0 Å². The Hall–Kier alpha value is -1.22. The summed E-state index contributed by atoms with van der Waals surface area (Å²) in [5.41, 5.74) is 1.33. The molecule has 0 saturated heterocycles. The normalized spacial score (nSPS) is 16.6. The van der Waals surface area contributed by atoms with Gasteiger partial charge in [0.05, 0.1) is 0 Å². The molecule has 0 radical (unpaired) electrons. The Morgan fingerprint density at radius 3 is 2.88 bits per heavy atom. The van der Waals surface area contributed by atoms with Gasteiger partial charge in [0.15, 0.2) is 0 Å². The van der Waals surface area contributed by atoms with Crippen LogP contribution in [0.5, 0.6) is 0 Å². The van der Waals surface area contributed by atoms with E-state index < -0.39 is 5.82 Å². The van der Waals surface area contributed by atoms with Crippen LogP contribution in [0.3, 0.4) is 0 Å². The SMILES string of the molecule is CC(=Cc1cc(F)ccc1F)CNC1CC1. The first-order valence-corrected chi connectivity index (χ1v) is 5.51. The van der Waals surface area contributed by atoms with Crippen LogP contribution in [-0.2, 0) is 0 Å². The summed E-state index contributed by atoms with van der Waals surface area (Å²) in [6.45, 7) is 2.65. The van der Waals surface area contributed by atoms with Crippen LogP contribution in [0.1, 0.15) is 25.3 Å². The smallest absolute Gasteiger partial charge is 0.130 e. The summed E-state index contributed by atoms with van der Waals surface area (Å²) in [6.07, 6.45) is 4.14. The highest BCUT2D eigenvalue weighted by molar-refractivity contribution is 5.53. The maximum atomic E-state index is 13.3. The van der Waals surface area contributed by atoms with Crippen molar-refractivity contribution in [1.82, 2.24) is 5.32 Å². The maximum absolute atomic E-state index is 13.3. The molecule has 1 saturated carbocycles. The zero-order valence-electron chi connectivity index (χ0n) is 9.26. The van der Waals surface area contributed by atoms with Gasteiger partial charge in [0.1, 0.15) is 11.6 Å². The molecular formula is C13H15F2N. The second kappa shape index (κ2) is 4.74. The monoisotopic (exact) mass is 223 g/mol. The van der Waals surface area contributed by atoms with Gasteiger partial charge >= 0.3 is 0 Å². The number of rotatable bonds is 4. The molecule has 3 heteroatoms. The molecule has 0 aromatic heterocycles. The predicted molar refractivity (Wildman–Crippen MR) is 61.0 cm³/mol. The van der Waals surface area contributed by atoms with Gasteiger partial charge in [-0.2, -0.15) is 0 Å². The molecule has 1 N–H and O–H groups in total. The molecule has 0 aliphatic heterocycles. The summed E-state index contributed by atoms with van der Waals surface area (Å²) in [5, 5.41) is 3.33. The van der Waals surface area contributed by atoms with Crippen LogP contribution in [-0.4, -0.2) is 12.6 Å². The Morgan fingerprint density at radius 2 is 2.19 bits per heavy atom. The average Bonchev–Trinajstić information content (AvgIpc) is 3.04. The number of halogens is 2. The van der Waals surface area contributed by atoms with Gasteiger partial charge in [-0.05, 0) is 38.0 Å². The van der Waals surface area contributed by atoms with Gasteiger partial charge < -0.3 is 5.32 Å². The largest absolute Gasteiger partial charge is 0.310 e. The molecule has 1 aromatic rings. The Balaban J connectivity index is 2.04. The minimum absolute atomic E-state index is 0.315. The fraction of sp³-hybridized carbons (Fsp3) is 0.385. The van der Waals surface area contributed by atoms with Crippen molar-refractivity contribution in [2.24, 2.45) is 0 Å². The van der Waals surface area contributed by atoms with Gasteiger partial charge in [0.2, 0.25) is 0 Å². The Bertz CT molecular complexity index is 408. The average molecular weight is 223 g/mol. The zero-order valence-corrected chi connectivity index (χ0v) is 9.26. The van der Waals surface area contributed by atoms with Gasteiger partial charge in [-0.3, -0.25) is 0 Å². The molecule has 86 valence electrons. The Morgan fingerprint density at radius 1 is 1.44 bits per heavy atom. The molecule has 16 heavy (non-hydrogen) atoms. The van der Waals surface area contributed by atoms with Gasteiger partial charge in [-0.25, -0.2) is 8.78 Å². The van der Waals surface area contributed by atoms with Crippen LogP contribution in [0, 0.1) is 11.6 Å². The summed E-state index contributed by atoms with van der Waals surface area (Å²) >= 11 is 0. The molecule has 2 rings (SSSR count). The molecule has 1 aliphatic rings. The lowest BCUT2D eigenvalue weighted by molar-refractivity contribution is 0.597. The van der Waals surface area contributed by atoms with Crippen molar-refractivity contribution in [1.29, 1.82) is 0 Å². The molecule has 0 unspecified atom stereocenters. The molecule has 1 aliphatic carbocycles. The molecule has 0 heterocycles. The third-order valence-electron chi connectivity index (χ3n) is 2.61. The third-order valence-corrected chi connectivity index (χ3v) is 2.61. The fourth-order valence-corrected chi connectivity index (χ4v) is 1.53. The van der Waals surface area contributed by atoms with Crippen molar-refractivity contribution in [3.8, 4) is 0 Å². The lowest BCUT2D eigenvalue weighted by Gasteiger charge is -2.04. The lowest BCUT2D eigenvalue weighted by Crippen LogP contribution is -2.18. The van der Waals surface area contributed by atoms with E-state index in [0.29, 0.717) is 11.6 Å². The van der Waals surface area contributed by atoms with Crippen LogP contribution in [0.25, 0.3) is 6.08 Å². The summed E-state index contributed by atoms with van der Waals surface area (Å²) < 4.78 is 26.2. The first-order valence-electron chi connectivity index (χ1n) is 5.51. The van der Waals surface area contributed by atoms with Crippen molar-refractivity contribution in [3.63, 3.8) is 0 Å². The molecule has 1 fully saturated rings. The minimum atomic E-state index is -0.407. The van der Waals surface area contributed by atoms with Crippen molar-refractivity contribution < 1.29 is 8.78 Å². The first kappa shape index (κ1) is 11.3. The van der Waals surface area contributed by atoms with E-state index in [0.717, 1.165) is 24.3 Å². The Kier molecular flexibility index (Phi) is 3.34. The maximum Gasteiger partial charge on any atom is 0.130 e. The molecule has 0 spiro atoms. The van der Waals surface area contributed by atoms with E-state index >= 15 is 0 Å². The minimum Gasteiger partial charge on any atom is -0.310 e. The van der Waals surface area contributed by atoms with Gasteiger partial charge in [-0.15, -0.1) is 0 Å². The van der Waals surface area contributed by atoms with Crippen LogP contribution in [0.15, 0.2) is 23.8 Å². The summed E-state index contributed by atoms with van der Waals surface area (Å²) in [4.78, 5) is 0. The molecule has 0 amide bonds. The van der Waals surface area contributed by atoms with Crippen molar-refractivity contribution in [3.05, 3.63) is 41.0 Å². The van der Waals surface area contributed by atoms with E-state index in [9.17, 15) is 8.78 Å². The van der Waals surface area contributed by atoms with E-state index in [-0.39, 0.29) is 5.82 Å². The molecule has 1 aromatic carbocycles. The van der Waals surface area contributed by atoms with Crippen molar-refractivity contribution in [2.45, 2.75) is 25.8 Å². The second-order valence-electron chi connectivity index (χ2n) is 4.31. The van der Waals surface area contributed by atoms with Crippen molar-refractivity contribution in [2.75, 3.05) is 6.54 Å². The molecule has 0 atom stereocenters. The second-order valence-corrected chi connectivity index (χ2v) is 4.31. The summed E-state index contributed by atoms with van der Waals surface area (Å²) in [5.74, 6) is -0.789. The van der Waals surface area contributed by atoms with Crippen LogP contribution in [0.4, 0.5) is 8.78 Å². The van der Waals surface area contributed by atoms with Gasteiger partial charge in [0, 0.05) is 18.2 Å². The van der Waals surface area contributed by atoms with E-state index in [1.807, 2.05) is 6.92 Å². The summed E-state index contributed by atoms with van der Waals surface area (Å²) in [6, 6.07) is 4.13. The van der Waals surface area contributed by atoms with Gasteiger partial charge in [0.25, 0.3) is 0 Å². The molecule has 1 nitrogen and oxygen atoms in total. The van der Waals surface area contributed by atoms with Crippen LogP contribution >= 0.6 is 0 Å². The number of hydrogen-bond acceptors (Lipinski definition) is 1. The fourth-order valence-electron chi connectivity index (χ4n) is 1.53. The first-order chi connectivity index (χ1) is 7.65. The quantitative estimate of drug-likeness (QED) is 0.827. The molecule has 0 bridgehead atoms.